The molecular formula is C11H20N2O4. The smallest absolute Gasteiger partial charge is 0.326 e. The SMILES string of the molecule is CCC1(C(=O)N[C@H](CCO)C(=O)O)CCNC1. The second-order valence-electron chi connectivity index (χ2n) is 4.44. The number of aliphatic hydroxyl groups excluding tert-OH is 1. The lowest BCUT2D eigenvalue weighted by Crippen LogP contribution is -2.49. The topological polar surface area (TPSA) is 98.7 Å². The number of carbonyl (C=O) groups is 2. The van der Waals surface area contributed by atoms with Gasteiger partial charge in [-0.1, -0.05) is 6.92 Å². The Hall–Kier alpha value is -1.14. The van der Waals surface area contributed by atoms with Gasteiger partial charge in [0.15, 0.2) is 0 Å². The summed E-state index contributed by atoms with van der Waals surface area (Å²) in [6, 6.07) is -1.00. The van der Waals surface area contributed by atoms with Gasteiger partial charge >= 0.3 is 5.97 Å². The number of aliphatic hydroxyl groups is 1. The molecule has 1 aliphatic rings. The minimum atomic E-state index is -1.11. The monoisotopic (exact) mass is 244 g/mol. The molecule has 1 fully saturated rings. The molecule has 6 heteroatoms. The zero-order valence-corrected chi connectivity index (χ0v) is 10.0. The Labute approximate surface area is 100 Å². The third-order valence-corrected chi connectivity index (χ3v) is 3.42. The normalized spacial score (nSPS) is 25.5. The van der Waals surface area contributed by atoms with Gasteiger partial charge in [-0.25, -0.2) is 4.79 Å². The number of hydrogen-bond acceptors (Lipinski definition) is 4. The lowest BCUT2D eigenvalue weighted by atomic mass is 9.83. The van der Waals surface area contributed by atoms with E-state index in [4.69, 9.17) is 10.2 Å². The van der Waals surface area contributed by atoms with E-state index in [-0.39, 0.29) is 18.9 Å². The Morgan fingerprint density at radius 1 is 1.53 bits per heavy atom. The van der Waals surface area contributed by atoms with Crippen LogP contribution < -0.4 is 10.6 Å². The Balaban J connectivity index is 2.65. The van der Waals surface area contributed by atoms with E-state index in [1.54, 1.807) is 0 Å². The van der Waals surface area contributed by atoms with Crippen molar-refractivity contribution in [2.24, 2.45) is 5.41 Å². The third kappa shape index (κ3) is 3.17. The summed E-state index contributed by atoms with van der Waals surface area (Å²) in [4.78, 5) is 23.0. The summed E-state index contributed by atoms with van der Waals surface area (Å²) < 4.78 is 0. The maximum Gasteiger partial charge on any atom is 0.326 e. The van der Waals surface area contributed by atoms with E-state index >= 15 is 0 Å². The first kappa shape index (κ1) is 13.9. The first-order valence-electron chi connectivity index (χ1n) is 5.91. The van der Waals surface area contributed by atoms with Crippen molar-refractivity contribution in [3.8, 4) is 0 Å². The maximum absolute atomic E-state index is 12.1. The van der Waals surface area contributed by atoms with Gasteiger partial charge in [-0.2, -0.15) is 0 Å². The Morgan fingerprint density at radius 2 is 2.24 bits per heavy atom. The van der Waals surface area contributed by atoms with Crippen LogP contribution in [0.4, 0.5) is 0 Å². The molecule has 1 unspecified atom stereocenters. The van der Waals surface area contributed by atoms with Gasteiger partial charge in [0.1, 0.15) is 6.04 Å². The Bertz CT molecular complexity index is 287. The van der Waals surface area contributed by atoms with Crippen molar-refractivity contribution in [3.05, 3.63) is 0 Å². The molecule has 98 valence electrons. The first-order valence-corrected chi connectivity index (χ1v) is 5.91. The zero-order chi connectivity index (χ0) is 12.9. The van der Waals surface area contributed by atoms with Crippen LogP contribution in [0.3, 0.4) is 0 Å². The predicted octanol–water partition coefficient (Wildman–Crippen LogP) is -0.672. The molecule has 2 atom stereocenters. The van der Waals surface area contributed by atoms with Gasteiger partial charge in [-0.3, -0.25) is 4.79 Å². The molecule has 0 saturated carbocycles. The lowest BCUT2D eigenvalue weighted by molar-refractivity contribution is -0.144. The van der Waals surface area contributed by atoms with Crippen molar-refractivity contribution in [2.45, 2.75) is 32.2 Å². The highest BCUT2D eigenvalue weighted by atomic mass is 16.4. The highest BCUT2D eigenvalue weighted by Crippen LogP contribution is 2.29. The van der Waals surface area contributed by atoms with Gasteiger partial charge in [-0.15, -0.1) is 0 Å². The van der Waals surface area contributed by atoms with E-state index in [1.165, 1.54) is 0 Å². The van der Waals surface area contributed by atoms with Crippen molar-refractivity contribution < 1.29 is 19.8 Å². The van der Waals surface area contributed by atoms with E-state index in [0.29, 0.717) is 13.0 Å². The molecule has 1 amide bonds. The molecule has 1 heterocycles. The van der Waals surface area contributed by atoms with E-state index in [9.17, 15) is 9.59 Å². The Kier molecular flexibility index (Phi) is 4.89. The number of nitrogens with one attached hydrogen (secondary N) is 2. The van der Waals surface area contributed by atoms with Gasteiger partial charge in [0.05, 0.1) is 5.41 Å². The molecule has 0 bridgehead atoms. The van der Waals surface area contributed by atoms with E-state index in [1.807, 2.05) is 6.92 Å². The second-order valence-corrected chi connectivity index (χ2v) is 4.44. The summed E-state index contributed by atoms with van der Waals surface area (Å²) in [5.74, 6) is -1.34. The second kappa shape index (κ2) is 5.97. The summed E-state index contributed by atoms with van der Waals surface area (Å²) in [6.45, 7) is 3.03. The molecular weight excluding hydrogens is 224 g/mol. The number of hydrogen-bond donors (Lipinski definition) is 4. The van der Waals surface area contributed by atoms with Crippen LogP contribution in [-0.2, 0) is 9.59 Å². The summed E-state index contributed by atoms with van der Waals surface area (Å²) in [5, 5.41) is 23.3. The molecule has 17 heavy (non-hydrogen) atoms. The molecule has 0 spiro atoms. The molecule has 4 N–H and O–H groups in total. The predicted molar refractivity (Wildman–Crippen MR) is 61.5 cm³/mol. The summed E-state index contributed by atoms with van der Waals surface area (Å²) in [5.41, 5.74) is -0.497. The van der Waals surface area contributed by atoms with Crippen LogP contribution in [0, 0.1) is 5.41 Å². The van der Waals surface area contributed by atoms with Gasteiger partial charge < -0.3 is 20.8 Å². The van der Waals surface area contributed by atoms with Crippen LogP contribution in [0.25, 0.3) is 0 Å². The number of aliphatic carboxylic acids is 1. The molecule has 0 aromatic carbocycles. The standard InChI is InChI=1S/C11H20N2O4/c1-2-11(4-5-12-7-11)10(17)13-8(3-6-14)9(15)16/h8,12,14H,2-7H2,1H3,(H,13,17)(H,15,16)/t8-,11?/m1/s1. The molecule has 1 rings (SSSR count). The number of amides is 1. The fourth-order valence-corrected chi connectivity index (χ4v) is 2.10. The van der Waals surface area contributed by atoms with Crippen molar-refractivity contribution in [3.63, 3.8) is 0 Å². The zero-order valence-electron chi connectivity index (χ0n) is 10.0. The van der Waals surface area contributed by atoms with Crippen molar-refractivity contribution >= 4 is 11.9 Å². The van der Waals surface area contributed by atoms with Crippen molar-refractivity contribution in [1.29, 1.82) is 0 Å². The van der Waals surface area contributed by atoms with Gasteiger partial charge in [0.2, 0.25) is 5.91 Å². The molecule has 0 radical (unpaired) electrons. The van der Waals surface area contributed by atoms with E-state index in [0.717, 1.165) is 13.0 Å². The van der Waals surface area contributed by atoms with Crippen LogP contribution in [-0.4, -0.2) is 47.8 Å². The largest absolute Gasteiger partial charge is 0.480 e. The third-order valence-electron chi connectivity index (χ3n) is 3.42. The highest BCUT2D eigenvalue weighted by molar-refractivity contribution is 5.87. The number of rotatable bonds is 6. The number of carboxylic acids is 1. The molecule has 6 nitrogen and oxygen atoms in total. The van der Waals surface area contributed by atoms with Crippen molar-refractivity contribution in [2.75, 3.05) is 19.7 Å². The summed E-state index contributed by atoms with van der Waals surface area (Å²) in [7, 11) is 0. The van der Waals surface area contributed by atoms with Gasteiger partial charge in [0, 0.05) is 19.6 Å². The van der Waals surface area contributed by atoms with E-state index < -0.39 is 17.4 Å². The van der Waals surface area contributed by atoms with Crippen LogP contribution in [0.15, 0.2) is 0 Å². The average Bonchev–Trinajstić information content (AvgIpc) is 2.78. The Morgan fingerprint density at radius 3 is 2.65 bits per heavy atom. The summed E-state index contributed by atoms with van der Waals surface area (Å²) in [6.07, 6.45) is 1.44. The first-order chi connectivity index (χ1) is 8.05. The van der Waals surface area contributed by atoms with Gasteiger partial charge in [-0.05, 0) is 19.4 Å². The minimum Gasteiger partial charge on any atom is -0.480 e. The van der Waals surface area contributed by atoms with Gasteiger partial charge in [0.25, 0.3) is 0 Å². The molecule has 1 saturated heterocycles. The van der Waals surface area contributed by atoms with Crippen LogP contribution in [0.2, 0.25) is 0 Å². The summed E-state index contributed by atoms with van der Waals surface area (Å²) >= 11 is 0. The molecule has 0 aliphatic carbocycles. The molecule has 0 aromatic rings. The fraction of sp³-hybridized carbons (Fsp3) is 0.818. The maximum atomic E-state index is 12.1. The quantitative estimate of drug-likeness (QED) is 0.496. The number of carboxylic acid groups (broad SMARTS) is 1. The minimum absolute atomic E-state index is 0.0360. The van der Waals surface area contributed by atoms with Crippen LogP contribution in [0.5, 0.6) is 0 Å². The molecule has 1 aliphatic heterocycles. The average molecular weight is 244 g/mol. The van der Waals surface area contributed by atoms with Crippen LogP contribution in [0.1, 0.15) is 26.2 Å². The van der Waals surface area contributed by atoms with E-state index in [2.05, 4.69) is 10.6 Å². The van der Waals surface area contributed by atoms with Crippen molar-refractivity contribution in [1.82, 2.24) is 10.6 Å². The van der Waals surface area contributed by atoms with Crippen LogP contribution >= 0.6 is 0 Å². The highest BCUT2D eigenvalue weighted by Gasteiger charge is 2.40. The lowest BCUT2D eigenvalue weighted by Gasteiger charge is -2.27. The fourth-order valence-electron chi connectivity index (χ4n) is 2.10. The molecule has 0 aromatic heterocycles. The number of carbonyl (C=O) groups excluding carboxylic acids is 1.